The largest absolute Gasteiger partial charge is 0.480 e. The predicted octanol–water partition coefficient (Wildman–Crippen LogP) is -0.620. The molecule has 0 saturated heterocycles. The number of rotatable bonds is 10. The molecule has 0 aliphatic rings. The normalized spacial score (nSPS) is 13.0. The molecule has 0 saturated carbocycles. The summed E-state index contributed by atoms with van der Waals surface area (Å²) < 4.78 is 0. The molecule has 0 heterocycles. The van der Waals surface area contributed by atoms with Crippen LogP contribution in [0.4, 0.5) is 5.69 Å². The van der Waals surface area contributed by atoms with Crippen molar-refractivity contribution in [2.24, 2.45) is 11.7 Å². The zero-order chi connectivity index (χ0) is 22.5. The Hall–Kier alpha value is -3.02. The van der Waals surface area contributed by atoms with Crippen LogP contribution in [0.1, 0.15) is 40.1 Å². The number of carbonyl (C=O) groups is 4. The lowest BCUT2D eigenvalue weighted by molar-refractivity contribution is -0.141. The smallest absolute Gasteiger partial charge is 0.336 e. The molecule has 160 valence electrons. The standard InChI is InChI=1S/C18H24N2O9/c1-8(2)5-10-12(4-3-9(16(24)25)14(10)18(28)29)20(13(7-22)17(26)27)15(23)11(19)6-21/h3-4,8,11,13,21-22H,5-7,19H2,1-2H3,(H,24,25)(H,26,27)(H,28,29)/t11-,13-/m0/s1. The first-order valence-electron chi connectivity index (χ1n) is 8.63. The molecular weight excluding hydrogens is 388 g/mol. The van der Waals surface area contributed by atoms with Gasteiger partial charge in [0.25, 0.3) is 0 Å². The fourth-order valence-electron chi connectivity index (χ4n) is 2.87. The Morgan fingerprint density at radius 3 is 1.97 bits per heavy atom. The van der Waals surface area contributed by atoms with Crippen LogP contribution in [0.3, 0.4) is 0 Å². The van der Waals surface area contributed by atoms with Crippen LogP contribution in [-0.2, 0) is 16.0 Å². The van der Waals surface area contributed by atoms with Crippen LogP contribution in [0, 0.1) is 5.92 Å². The second-order valence-corrected chi connectivity index (χ2v) is 6.73. The van der Waals surface area contributed by atoms with Gasteiger partial charge in [0.1, 0.15) is 6.04 Å². The number of hydrogen-bond acceptors (Lipinski definition) is 7. The Bertz CT molecular complexity index is 807. The van der Waals surface area contributed by atoms with Crippen molar-refractivity contribution >= 4 is 29.5 Å². The van der Waals surface area contributed by atoms with Crippen LogP contribution < -0.4 is 10.6 Å². The van der Waals surface area contributed by atoms with Crippen molar-refractivity contribution in [3.63, 3.8) is 0 Å². The van der Waals surface area contributed by atoms with Crippen molar-refractivity contribution in [2.75, 3.05) is 18.1 Å². The van der Waals surface area contributed by atoms with Gasteiger partial charge in [0, 0.05) is 5.69 Å². The number of carboxylic acids is 3. The van der Waals surface area contributed by atoms with E-state index in [1.165, 1.54) is 0 Å². The second-order valence-electron chi connectivity index (χ2n) is 6.73. The van der Waals surface area contributed by atoms with Crippen molar-refractivity contribution in [3.05, 3.63) is 28.8 Å². The zero-order valence-corrected chi connectivity index (χ0v) is 15.9. The number of aliphatic carboxylic acids is 1. The van der Waals surface area contributed by atoms with E-state index < -0.39 is 60.2 Å². The lowest BCUT2D eigenvalue weighted by Crippen LogP contribution is -2.54. The summed E-state index contributed by atoms with van der Waals surface area (Å²) in [6.07, 6.45) is -0.00595. The van der Waals surface area contributed by atoms with Gasteiger partial charge in [-0.25, -0.2) is 14.4 Å². The van der Waals surface area contributed by atoms with E-state index in [1.807, 2.05) is 0 Å². The zero-order valence-electron chi connectivity index (χ0n) is 15.9. The van der Waals surface area contributed by atoms with Crippen LogP contribution in [0.2, 0.25) is 0 Å². The van der Waals surface area contributed by atoms with E-state index in [2.05, 4.69) is 0 Å². The van der Waals surface area contributed by atoms with E-state index in [-0.39, 0.29) is 23.6 Å². The summed E-state index contributed by atoms with van der Waals surface area (Å²) in [5.74, 6) is -5.95. The number of aliphatic hydroxyl groups excluding tert-OH is 2. The molecule has 0 fully saturated rings. The van der Waals surface area contributed by atoms with Gasteiger partial charge in [-0.2, -0.15) is 0 Å². The van der Waals surface area contributed by atoms with Gasteiger partial charge in [0.05, 0.1) is 24.3 Å². The molecule has 2 atom stereocenters. The van der Waals surface area contributed by atoms with Crippen molar-refractivity contribution < 1.29 is 44.7 Å². The Morgan fingerprint density at radius 2 is 1.59 bits per heavy atom. The highest BCUT2D eigenvalue weighted by Gasteiger charge is 2.36. The van der Waals surface area contributed by atoms with Crippen molar-refractivity contribution in [1.82, 2.24) is 0 Å². The predicted molar refractivity (Wildman–Crippen MR) is 100.0 cm³/mol. The van der Waals surface area contributed by atoms with E-state index >= 15 is 0 Å². The maximum atomic E-state index is 12.7. The summed E-state index contributed by atoms with van der Waals surface area (Å²) in [5.41, 5.74) is 4.11. The van der Waals surface area contributed by atoms with Crippen LogP contribution in [0.25, 0.3) is 0 Å². The number of aliphatic hydroxyl groups is 2. The molecule has 11 nitrogen and oxygen atoms in total. The summed E-state index contributed by atoms with van der Waals surface area (Å²) in [5, 5.41) is 47.2. The molecular formula is C18H24N2O9. The van der Waals surface area contributed by atoms with Gasteiger partial charge < -0.3 is 31.3 Å². The molecule has 0 aromatic heterocycles. The van der Waals surface area contributed by atoms with Crippen molar-refractivity contribution in [1.29, 1.82) is 0 Å². The summed E-state index contributed by atoms with van der Waals surface area (Å²) in [7, 11) is 0. The average molecular weight is 412 g/mol. The summed E-state index contributed by atoms with van der Waals surface area (Å²) in [6.45, 7) is 1.58. The highest BCUT2D eigenvalue weighted by atomic mass is 16.4. The molecule has 0 spiro atoms. The van der Waals surface area contributed by atoms with Gasteiger partial charge in [-0.05, 0) is 30.0 Å². The molecule has 11 heteroatoms. The van der Waals surface area contributed by atoms with E-state index in [0.29, 0.717) is 4.90 Å². The first kappa shape index (κ1) is 24.0. The van der Waals surface area contributed by atoms with Crippen LogP contribution in [0.5, 0.6) is 0 Å². The Kier molecular flexibility index (Phi) is 8.25. The third kappa shape index (κ3) is 5.28. The lowest BCUT2D eigenvalue weighted by Gasteiger charge is -2.32. The number of anilines is 1. The number of nitrogens with two attached hydrogens (primary N) is 1. The van der Waals surface area contributed by atoms with Crippen molar-refractivity contribution in [2.45, 2.75) is 32.4 Å². The number of carbonyl (C=O) groups excluding carboxylic acids is 1. The quantitative estimate of drug-likeness (QED) is 0.288. The monoisotopic (exact) mass is 412 g/mol. The molecule has 7 N–H and O–H groups in total. The minimum atomic E-state index is -1.83. The van der Waals surface area contributed by atoms with Crippen LogP contribution in [-0.4, -0.2) is 74.6 Å². The van der Waals surface area contributed by atoms with Crippen molar-refractivity contribution in [3.8, 4) is 0 Å². The van der Waals surface area contributed by atoms with E-state index in [0.717, 1.165) is 12.1 Å². The fraction of sp³-hybridized carbons (Fsp3) is 0.444. The lowest BCUT2D eigenvalue weighted by atomic mass is 9.91. The number of benzene rings is 1. The van der Waals surface area contributed by atoms with Crippen LogP contribution >= 0.6 is 0 Å². The van der Waals surface area contributed by atoms with Gasteiger partial charge in [-0.3, -0.25) is 9.69 Å². The average Bonchev–Trinajstić information content (AvgIpc) is 2.63. The van der Waals surface area contributed by atoms with Gasteiger partial charge in [0.15, 0.2) is 6.04 Å². The molecule has 1 aromatic carbocycles. The highest BCUT2D eigenvalue weighted by Crippen LogP contribution is 2.31. The van der Waals surface area contributed by atoms with Gasteiger partial charge in [-0.15, -0.1) is 0 Å². The minimum absolute atomic E-state index is 0.00595. The topological polar surface area (TPSA) is 199 Å². The Morgan fingerprint density at radius 1 is 1.00 bits per heavy atom. The van der Waals surface area contributed by atoms with E-state index in [4.69, 9.17) is 5.73 Å². The molecule has 0 bridgehead atoms. The first-order valence-corrected chi connectivity index (χ1v) is 8.63. The molecule has 29 heavy (non-hydrogen) atoms. The number of amides is 1. The van der Waals surface area contributed by atoms with Gasteiger partial charge in [-0.1, -0.05) is 13.8 Å². The SMILES string of the molecule is CC(C)Cc1c(N(C(=O)[C@@H](N)CO)[C@@H](CO)C(=O)O)ccc(C(=O)O)c1C(=O)O. The minimum Gasteiger partial charge on any atom is -0.480 e. The molecule has 0 aliphatic heterocycles. The fourth-order valence-corrected chi connectivity index (χ4v) is 2.87. The molecule has 0 radical (unpaired) electrons. The Labute approximate surface area is 166 Å². The first-order chi connectivity index (χ1) is 13.5. The summed E-state index contributed by atoms with van der Waals surface area (Å²) >= 11 is 0. The van der Waals surface area contributed by atoms with E-state index in [1.54, 1.807) is 13.8 Å². The maximum Gasteiger partial charge on any atom is 0.336 e. The van der Waals surface area contributed by atoms with Gasteiger partial charge in [0.2, 0.25) is 5.91 Å². The second kappa shape index (κ2) is 9.96. The van der Waals surface area contributed by atoms with Crippen LogP contribution in [0.15, 0.2) is 12.1 Å². The molecule has 1 aromatic rings. The van der Waals surface area contributed by atoms with Gasteiger partial charge >= 0.3 is 17.9 Å². The molecule has 0 aliphatic carbocycles. The molecule has 1 amide bonds. The number of aromatic carboxylic acids is 2. The summed E-state index contributed by atoms with van der Waals surface area (Å²) in [4.78, 5) is 48.3. The Balaban J connectivity index is 3.94. The number of carboxylic acid groups (broad SMARTS) is 3. The number of hydrogen-bond donors (Lipinski definition) is 6. The summed E-state index contributed by atoms with van der Waals surface area (Å²) in [6, 6.07) is -1.33. The number of nitrogens with zero attached hydrogens (tertiary/aromatic N) is 1. The third-order valence-electron chi connectivity index (χ3n) is 4.13. The molecule has 1 rings (SSSR count). The molecule has 0 unspecified atom stereocenters. The third-order valence-corrected chi connectivity index (χ3v) is 4.13. The maximum absolute atomic E-state index is 12.7. The van der Waals surface area contributed by atoms with E-state index in [9.17, 15) is 44.7 Å². The highest BCUT2D eigenvalue weighted by molar-refractivity contribution is 6.07.